The average molecular weight is 301 g/mol. The molecule has 1 rings (SSSR count). The zero-order valence-corrected chi connectivity index (χ0v) is 11.6. The second-order valence-corrected chi connectivity index (χ2v) is 3.96. The van der Waals surface area contributed by atoms with E-state index < -0.39 is 17.8 Å². The molecule has 1 amide bonds. The Bertz CT molecular complexity index is 553. The molecule has 0 saturated heterocycles. The third-order valence-corrected chi connectivity index (χ3v) is 2.66. The minimum absolute atomic E-state index is 0.100. The summed E-state index contributed by atoms with van der Waals surface area (Å²) in [4.78, 5) is 42.1. The number of aromatic nitrogens is 1. The van der Waals surface area contributed by atoms with E-state index in [1.54, 1.807) is 0 Å². The summed E-state index contributed by atoms with van der Waals surface area (Å²) in [6, 6.07) is 0. The van der Waals surface area contributed by atoms with E-state index in [1.165, 1.54) is 19.6 Å². The van der Waals surface area contributed by atoms with Gasteiger partial charge in [-0.1, -0.05) is 5.16 Å². The van der Waals surface area contributed by atoms with Crippen molar-refractivity contribution < 1.29 is 28.7 Å². The zero-order chi connectivity index (χ0) is 15.1. The summed E-state index contributed by atoms with van der Waals surface area (Å²) in [6.45, 7) is 0. The molecule has 0 fully saturated rings. The van der Waals surface area contributed by atoms with Crippen LogP contribution in [0, 0.1) is 0 Å². The van der Waals surface area contributed by atoms with Crippen LogP contribution in [0.2, 0.25) is 0 Å². The lowest BCUT2D eigenvalue weighted by molar-refractivity contribution is -0.150. The van der Waals surface area contributed by atoms with Crippen LogP contribution in [0.3, 0.4) is 0 Å². The Labute approximate surface area is 117 Å². The van der Waals surface area contributed by atoms with E-state index in [0.717, 1.165) is 18.4 Å². The smallest absolute Gasteiger partial charge is 0.396 e. The highest BCUT2D eigenvalue weighted by molar-refractivity contribution is 7.14. The number of carbonyl (C=O) groups excluding carboxylic acids is 3. The van der Waals surface area contributed by atoms with E-state index in [-0.39, 0.29) is 16.5 Å². The summed E-state index contributed by atoms with van der Waals surface area (Å²) in [5.74, 6) is -2.78. The molecular formula is C10H11N3O6S. The number of nitrogens with zero attached hydrogens (tertiary/aromatic N) is 2. The number of rotatable bonds is 4. The molecule has 20 heavy (non-hydrogen) atoms. The molecule has 108 valence electrons. The number of methoxy groups -OCH3 is 2. The number of esters is 2. The third kappa shape index (κ3) is 3.75. The molecule has 1 N–H and O–H groups in total. The standard InChI is InChI=1S/C10H11N3O6S/c1-17-8(15)6(13-19-3)5-4-20-10(11-5)12-7(14)9(16)18-2/h4H,1-3H3,(H,11,12,14). The van der Waals surface area contributed by atoms with Gasteiger partial charge in [-0.05, 0) is 0 Å². The quantitative estimate of drug-likeness (QED) is 0.353. The highest BCUT2D eigenvalue weighted by Crippen LogP contribution is 2.16. The molecule has 1 aromatic heterocycles. The number of amides is 1. The van der Waals surface area contributed by atoms with E-state index in [1.807, 2.05) is 0 Å². The van der Waals surface area contributed by atoms with Crippen LogP contribution >= 0.6 is 11.3 Å². The summed E-state index contributed by atoms with van der Waals surface area (Å²) in [5.41, 5.74) is -0.0197. The number of thiazole rings is 1. The Balaban J connectivity index is 2.90. The van der Waals surface area contributed by atoms with E-state index >= 15 is 0 Å². The molecule has 0 aliphatic heterocycles. The van der Waals surface area contributed by atoms with Gasteiger partial charge >= 0.3 is 17.8 Å². The van der Waals surface area contributed by atoms with Gasteiger partial charge in [-0.15, -0.1) is 11.3 Å². The minimum Gasteiger partial charge on any atom is -0.464 e. The maximum atomic E-state index is 11.5. The number of oxime groups is 1. The van der Waals surface area contributed by atoms with E-state index in [2.05, 4.69) is 29.8 Å². The van der Waals surface area contributed by atoms with Gasteiger partial charge in [0, 0.05) is 5.38 Å². The van der Waals surface area contributed by atoms with Crippen molar-refractivity contribution >= 4 is 40.0 Å². The van der Waals surface area contributed by atoms with Crippen LogP contribution in [0.15, 0.2) is 10.5 Å². The molecular weight excluding hydrogens is 290 g/mol. The SMILES string of the molecule is CON=C(C(=O)OC)c1csc(NC(=O)C(=O)OC)n1. The van der Waals surface area contributed by atoms with Gasteiger partial charge in [0.25, 0.3) is 0 Å². The van der Waals surface area contributed by atoms with Gasteiger partial charge in [-0.25, -0.2) is 14.6 Å². The second kappa shape index (κ2) is 7.19. The van der Waals surface area contributed by atoms with Crippen molar-refractivity contribution in [1.82, 2.24) is 4.98 Å². The van der Waals surface area contributed by atoms with Crippen LogP contribution in [0.4, 0.5) is 5.13 Å². The molecule has 1 aromatic rings. The highest BCUT2D eigenvalue weighted by atomic mass is 32.1. The molecule has 0 aliphatic rings. The molecule has 0 atom stereocenters. The van der Waals surface area contributed by atoms with Crippen LogP contribution in [-0.4, -0.2) is 49.9 Å². The Kier molecular flexibility index (Phi) is 5.59. The number of hydrogen-bond donors (Lipinski definition) is 1. The normalized spacial score (nSPS) is 10.7. The van der Waals surface area contributed by atoms with Crippen molar-refractivity contribution in [3.63, 3.8) is 0 Å². The first kappa shape index (κ1) is 15.6. The number of nitrogens with one attached hydrogen (secondary N) is 1. The summed E-state index contributed by atoms with van der Waals surface area (Å²) >= 11 is 0.993. The van der Waals surface area contributed by atoms with E-state index in [0.29, 0.717) is 0 Å². The van der Waals surface area contributed by atoms with Crippen molar-refractivity contribution in [3.8, 4) is 0 Å². The monoisotopic (exact) mass is 301 g/mol. The number of anilines is 1. The molecule has 0 bridgehead atoms. The molecule has 0 unspecified atom stereocenters. The van der Waals surface area contributed by atoms with Crippen molar-refractivity contribution in [2.24, 2.45) is 5.16 Å². The average Bonchev–Trinajstić information content (AvgIpc) is 2.90. The maximum absolute atomic E-state index is 11.5. The van der Waals surface area contributed by atoms with Gasteiger partial charge in [-0.2, -0.15) is 0 Å². The fourth-order valence-electron chi connectivity index (χ4n) is 1.06. The molecule has 9 nitrogen and oxygen atoms in total. The van der Waals surface area contributed by atoms with E-state index in [9.17, 15) is 14.4 Å². The van der Waals surface area contributed by atoms with Crippen molar-refractivity contribution in [2.45, 2.75) is 0 Å². The molecule has 1 heterocycles. The van der Waals surface area contributed by atoms with Crippen molar-refractivity contribution in [3.05, 3.63) is 11.1 Å². The van der Waals surface area contributed by atoms with Gasteiger partial charge in [0.2, 0.25) is 5.71 Å². The molecule has 0 aromatic carbocycles. The van der Waals surface area contributed by atoms with Gasteiger partial charge in [0.05, 0.1) is 14.2 Å². The van der Waals surface area contributed by atoms with Crippen LogP contribution in [0.25, 0.3) is 0 Å². The first-order valence-corrected chi connectivity index (χ1v) is 5.96. The molecule has 10 heteroatoms. The lowest BCUT2D eigenvalue weighted by Crippen LogP contribution is -2.24. The lowest BCUT2D eigenvalue weighted by Gasteiger charge is -2.00. The predicted molar refractivity (Wildman–Crippen MR) is 68.3 cm³/mol. The summed E-state index contributed by atoms with van der Waals surface area (Å²) in [6.07, 6.45) is 0. The summed E-state index contributed by atoms with van der Waals surface area (Å²) < 4.78 is 8.76. The highest BCUT2D eigenvalue weighted by Gasteiger charge is 2.21. The van der Waals surface area contributed by atoms with Gasteiger partial charge in [-0.3, -0.25) is 10.1 Å². The molecule has 0 saturated carbocycles. The first-order valence-electron chi connectivity index (χ1n) is 5.08. The topological polar surface area (TPSA) is 116 Å². The fraction of sp³-hybridized carbons (Fsp3) is 0.300. The minimum atomic E-state index is -1.06. The Morgan fingerprint density at radius 2 is 1.85 bits per heavy atom. The van der Waals surface area contributed by atoms with Crippen LogP contribution in [0.1, 0.15) is 5.69 Å². The largest absolute Gasteiger partial charge is 0.464 e. The van der Waals surface area contributed by atoms with Gasteiger partial charge in [0.1, 0.15) is 12.8 Å². The fourth-order valence-corrected chi connectivity index (χ4v) is 1.75. The molecule has 0 spiro atoms. The summed E-state index contributed by atoms with van der Waals surface area (Å²) in [7, 11) is 3.52. The second-order valence-electron chi connectivity index (χ2n) is 3.10. The number of ether oxygens (including phenoxy) is 2. The van der Waals surface area contributed by atoms with Crippen molar-refractivity contribution in [2.75, 3.05) is 26.6 Å². The van der Waals surface area contributed by atoms with Crippen LogP contribution < -0.4 is 5.32 Å². The zero-order valence-electron chi connectivity index (χ0n) is 10.8. The van der Waals surface area contributed by atoms with Gasteiger partial charge < -0.3 is 14.3 Å². The van der Waals surface area contributed by atoms with Crippen molar-refractivity contribution in [1.29, 1.82) is 0 Å². The number of carbonyl (C=O) groups is 3. The lowest BCUT2D eigenvalue weighted by atomic mass is 10.3. The summed E-state index contributed by atoms with van der Waals surface area (Å²) in [5, 5.41) is 7.25. The molecule has 0 aliphatic carbocycles. The van der Waals surface area contributed by atoms with Gasteiger partial charge in [0.15, 0.2) is 5.13 Å². The Morgan fingerprint density at radius 3 is 2.40 bits per heavy atom. The van der Waals surface area contributed by atoms with Crippen LogP contribution in [-0.2, 0) is 28.7 Å². The predicted octanol–water partition coefficient (Wildman–Crippen LogP) is -0.222. The van der Waals surface area contributed by atoms with E-state index in [4.69, 9.17) is 0 Å². The first-order chi connectivity index (χ1) is 9.53. The Hall–Kier alpha value is -2.49. The maximum Gasteiger partial charge on any atom is 0.396 e. The number of hydrogen-bond acceptors (Lipinski definition) is 9. The third-order valence-electron chi connectivity index (χ3n) is 1.90. The Morgan fingerprint density at radius 1 is 1.20 bits per heavy atom. The van der Waals surface area contributed by atoms with Crippen LogP contribution in [0.5, 0.6) is 0 Å². The molecule has 0 radical (unpaired) electrons.